The van der Waals surface area contributed by atoms with E-state index in [9.17, 15) is 16.8 Å². The lowest BCUT2D eigenvalue weighted by Crippen LogP contribution is -2.30. The van der Waals surface area contributed by atoms with Crippen molar-refractivity contribution in [1.29, 1.82) is 0 Å². The maximum Gasteiger partial charge on any atom is 0.335 e. The van der Waals surface area contributed by atoms with Gasteiger partial charge in [0.25, 0.3) is 0 Å². The van der Waals surface area contributed by atoms with E-state index in [1.807, 2.05) is 20.8 Å². The van der Waals surface area contributed by atoms with E-state index < -0.39 is 31.1 Å². The van der Waals surface area contributed by atoms with E-state index in [-0.39, 0.29) is 16.7 Å². The molecule has 0 amide bonds. The summed E-state index contributed by atoms with van der Waals surface area (Å²) in [6.07, 6.45) is 1.31. The van der Waals surface area contributed by atoms with Gasteiger partial charge in [0.2, 0.25) is 25.8 Å². The zero-order chi connectivity index (χ0) is 18.8. The molecular weight excluding hydrogens is 366 g/mol. The highest BCUT2D eigenvalue weighted by Crippen LogP contribution is 2.24. The Kier molecular flexibility index (Phi) is 5.65. The molecule has 25 heavy (non-hydrogen) atoms. The predicted octanol–water partition coefficient (Wildman–Crippen LogP) is 1.85. The molecule has 2 aromatic rings. The summed E-state index contributed by atoms with van der Waals surface area (Å²) in [6.45, 7) is 5.67. The Morgan fingerprint density at radius 1 is 1.08 bits per heavy atom. The second-order valence-corrected chi connectivity index (χ2v) is 9.90. The maximum absolute atomic E-state index is 12.6. The molecule has 0 unspecified atom stereocenters. The number of nitrogens with one attached hydrogen (secondary N) is 1. The number of hydrogen-bond acceptors (Lipinski definition) is 7. The molecular formula is C15H21N3O5S2. The molecule has 1 heterocycles. The smallest absolute Gasteiger partial charge is 0.335 e. The van der Waals surface area contributed by atoms with E-state index in [0.717, 1.165) is 11.8 Å². The van der Waals surface area contributed by atoms with Crippen molar-refractivity contribution in [3.8, 4) is 0 Å². The molecule has 0 aliphatic heterocycles. The molecule has 0 aliphatic carbocycles. The van der Waals surface area contributed by atoms with Crippen molar-refractivity contribution >= 4 is 19.9 Å². The van der Waals surface area contributed by atoms with Gasteiger partial charge in [0.15, 0.2) is 0 Å². The monoisotopic (exact) mass is 387 g/mol. The fraction of sp³-hybridized carbons (Fsp3) is 0.467. The Morgan fingerprint density at radius 2 is 1.68 bits per heavy atom. The third kappa shape index (κ3) is 5.10. The number of benzene rings is 1. The van der Waals surface area contributed by atoms with Gasteiger partial charge >= 0.3 is 5.22 Å². The van der Waals surface area contributed by atoms with Gasteiger partial charge in [-0.1, -0.05) is 36.6 Å². The van der Waals surface area contributed by atoms with Crippen LogP contribution in [0.1, 0.15) is 37.8 Å². The number of nitrogens with zero attached hydrogens (tertiary/aromatic N) is 2. The highest BCUT2D eigenvalue weighted by atomic mass is 32.2. The van der Waals surface area contributed by atoms with Gasteiger partial charge in [0.05, 0.1) is 4.90 Å². The van der Waals surface area contributed by atoms with Gasteiger partial charge in [-0.2, -0.15) is 4.72 Å². The van der Waals surface area contributed by atoms with Crippen molar-refractivity contribution < 1.29 is 21.3 Å². The van der Waals surface area contributed by atoms with Gasteiger partial charge in [0.1, 0.15) is 6.04 Å². The average Bonchev–Trinajstić information content (AvgIpc) is 2.96. The Bertz CT molecular complexity index is 932. The second-order valence-electron chi connectivity index (χ2n) is 6.29. The zero-order valence-corrected chi connectivity index (χ0v) is 16.1. The summed E-state index contributed by atoms with van der Waals surface area (Å²) >= 11 is 0. The number of rotatable bonds is 7. The minimum atomic E-state index is -3.82. The molecule has 1 aromatic carbocycles. The first-order chi connectivity index (χ1) is 11.5. The van der Waals surface area contributed by atoms with Crippen LogP contribution in [-0.2, 0) is 19.9 Å². The molecule has 10 heteroatoms. The molecule has 0 fully saturated rings. The molecule has 1 aromatic heterocycles. The Hall–Kier alpha value is -1.78. The molecule has 8 nitrogen and oxygen atoms in total. The van der Waals surface area contributed by atoms with E-state index >= 15 is 0 Å². The third-order valence-electron chi connectivity index (χ3n) is 3.37. The first kappa shape index (κ1) is 19.5. The highest BCUT2D eigenvalue weighted by molar-refractivity contribution is 7.90. The first-order valence-electron chi connectivity index (χ1n) is 7.61. The van der Waals surface area contributed by atoms with Crippen LogP contribution in [0.25, 0.3) is 0 Å². The van der Waals surface area contributed by atoms with Crippen LogP contribution < -0.4 is 4.72 Å². The van der Waals surface area contributed by atoms with E-state index in [4.69, 9.17) is 4.42 Å². The van der Waals surface area contributed by atoms with E-state index in [1.54, 1.807) is 12.1 Å². The molecule has 0 saturated heterocycles. The summed E-state index contributed by atoms with van der Waals surface area (Å²) < 4.78 is 55.9. The molecule has 138 valence electrons. The van der Waals surface area contributed by atoms with Gasteiger partial charge < -0.3 is 4.42 Å². The topological polar surface area (TPSA) is 119 Å². The van der Waals surface area contributed by atoms with Crippen LogP contribution in [0, 0.1) is 12.8 Å². The Morgan fingerprint density at radius 3 is 2.16 bits per heavy atom. The molecule has 0 spiro atoms. The third-order valence-corrected chi connectivity index (χ3v) is 5.66. The van der Waals surface area contributed by atoms with Crippen molar-refractivity contribution in [2.75, 3.05) is 6.26 Å². The number of aryl methyl sites for hydroxylation is 1. The number of hydrogen-bond donors (Lipinski definition) is 1. The molecule has 1 atom stereocenters. The molecule has 2 rings (SSSR count). The van der Waals surface area contributed by atoms with Crippen molar-refractivity contribution in [2.24, 2.45) is 5.92 Å². The van der Waals surface area contributed by atoms with Crippen LogP contribution >= 0.6 is 0 Å². The maximum atomic E-state index is 12.6. The number of sulfonamides is 1. The van der Waals surface area contributed by atoms with Crippen LogP contribution in [-0.4, -0.2) is 33.3 Å². The summed E-state index contributed by atoms with van der Waals surface area (Å²) in [5, 5.41) is 6.66. The van der Waals surface area contributed by atoms with Crippen LogP contribution in [0.2, 0.25) is 0 Å². The van der Waals surface area contributed by atoms with Crippen LogP contribution in [0.3, 0.4) is 0 Å². The predicted molar refractivity (Wildman–Crippen MR) is 91.1 cm³/mol. The first-order valence-corrected chi connectivity index (χ1v) is 11.0. The van der Waals surface area contributed by atoms with Gasteiger partial charge in [-0.25, -0.2) is 16.8 Å². The largest absolute Gasteiger partial charge is 0.411 e. The summed E-state index contributed by atoms with van der Waals surface area (Å²) in [7, 11) is -7.49. The lowest BCUT2D eigenvalue weighted by Gasteiger charge is -2.17. The standard InChI is InChI=1S/C15H21N3O5S2/c1-10(2)9-13(14-16-17-15(23-14)24(4,19)20)18-25(21,22)12-7-5-11(3)6-8-12/h5-8,10,13,18H,9H2,1-4H3/t13-/m0/s1. The molecule has 1 N–H and O–H groups in total. The highest BCUT2D eigenvalue weighted by Gasteiger charge is 2.28. The van der Waals surface area contributed by atoms with Crippen LogP contribution in [0.4, 0.5) is 0 Å². The molecule has 0 bridgehead atoms. The van der Waals surface area contributed by atoms with Crippen molar-refractivity contribution in [1.82, 2.24) is 14.9 Å². The SMILES string of the molecule is Cc1ccc(S(=O)(=O)N[C@@H](CC(C)C)c2nnc(S(C)(=O)=O)o2)cc1. The molecule has 0 radical (unpaired) electrons. The van der Waals surface area contributed by atoms with Gasteiger partial charge in [0, 0.05) is 6.26 Å². The summed E-state index contributed by atoms with van der Waals surface area (Å²) in [5.41, 5.74) is 0.937. The lowest BCUT2D eigenvalue weighted by atomic mass is 10.0. The van der Waals surface area contributed by atoms with E-state index in [0.29, 0.717) is 6.42 Å². The molecule has 0 saturated carbocycles. The van der Waals surface area contributed by atoms with Crippen LogP contribution in [0.15, 0.2) is 38.8 Å². The quantitative estimate of drug-likeness (QED) is 0.770. The summed E-state index contributed by atoms with van der Waals surface area (Å²) in [5.74, 6) is 0.0316. The second kappa shape index (κ2) is 7.22. The number of sulfone groups is 1. The van der Waals surface area contributed by atoms with E-state index in [1.165, 1.54) is 12.1 Å². The Balaban J connectivity index is 2.34. The normalized spacial score (nSPS) is 14.0. The number of aromatic nitrogens is 2. The van der Waals surface area contributed by atoms with Crippen LogP contribution in [0.5, 0.6) is 0 Å². The minimum Gasteiger partial charge on any atom is -0.411 e. The van der Waals surface area contributed by atoms with Gasteiger partial charge in [-0.05, 0) is 31.4 Å². The Labute approximate surface area is 147 Å². The fourth-order valence-corrected chi connectivity index (χ4v) is 3.78. The fourth-order valence-electron chi connectivity index (χ4n) is 2.15. The van der Waals surface area contributed by atoms with Gasteiger partial charge in [-0.3, -0.25) is 0 Å². The van der Waals surface area contributed by atoms with E-state index in [2.05, 4.69) is 14.9 Å². The lowest BCUT2D eigenvalue weighted by molar-refractivity contribution is 0.340. The van der Waals surface area contributed by atoms with Crippen molar-refractivity contribution in [2.45, 2.75) is 43.4 Å². The summed E-state index contributed by atoms with van der Waals surface area (Å²) in [4.78, 5) is 0.106. The average molecular weight is 387 g/mol. The van der Waals surface area contributed by atoms with Crippen molar-refractivity contribution in [3.05, 3.63) is 35.7 Å². The molecule has 0 aliphatic rings. The zero-order valence-electron chi connectivity index (χ0n) is 14.4. The van der Waals surface area contributed by atoms with Crippen molar-refractivity contribution in [3.63, 3.8) is 0 Å². The minimum absolute atomic E-state index is 0.0789. The van der Waals surface area contributed by atoms with Gasteiger partial charge in [-0.15, -0.1) is 5.10 Å². The summed E-state index contributed by atoms with van der Waals surface area (Å²) in [6, 6.07) is 5.56.